The third-order valence-corrected chi connectivity index (χ3v) is 8.09. The third kappa shape index (κ3) is 9.25. The van der Waals surface area contributed by atoms with E-state index in [0.29, 0.717) is 5.92 Å². The molecule has 0 spiro atoms. The van der Waals surface area contributed by atoms with Crippen molar-refractivity contribution in [1.29, 1.82) is 0 Å². The topological polar surface area (TPSA) is 26.0 Å². The fourth-order valence-electron chi connectivity index (χ4n) is 3.50. The van der Waals surface area contributed by atoms with E-state index in [1.54, 1.807) is 0 Å². The van der Waals surface area contributed by atoms with Crippen LogP contribution in [0.15, 0.2) is 121 Å². The van der Waals surface area contributed by atoms with Gasteiger partial charge in [0.25, 0.3) is 0 Å². The van der Waals surface area contributed by atoms with Crippen LogP contribution in [0, 0.1) is 0 Å². The van der Waals surface area contributed by atoms with Gasteiger partial charge in [-0.2, -0.15) is 0 Å². The first kappa shape index (κ1) is 26.3. The van der Waals surface area contributed by atoms with Crippen molar-refractivity contribution >= 4 is 33.9 Å². The number of hydrogen-bond acceptors (Lipinski definition) is 1. The van der Waals surface area contributed by atoms with Crippen LogP contribution in [0.5, 0.6) is 0 Å². The van der Waals surface area contributed by atoms with E-state index in [1.165, 1.54) is 28.8 Å². The molecule has 166 valence electrons. The molecule has 0 aliphatic carbocycles. The number of nitrogen functional groups attached to an aromatic ring is 1. The molecule has 0 fully saturated rings. The summed E-state index contributed by atoms with van der Waals surface area (Å²) in [5.41, 5.74) is 7.63. The summed E-state index contributed by atoms with van der Waals surface area (Å²) in [7, 11) is 3.87. The molecule has 0 saturated heterocycles. The second-order valence-corrected chi connectivity index (χ2v) is 10.1. The van der Waals surface area contributed by atoms with Gasteiger partial charge in [0.2, 0.25) is 0 Å². The van der Waals surface area contributed by atoms with E-state index >= 15 is 0 Å². The molecular weight excluding hydrogens is 518 g/mol. The van der Waals surface area contributed by atoms with Crippen LogP contribution in [-0.4, -0.2) is 6.16 Å². The van der Waals surface area contributed by atoms with Gasteiger partial charge in [0.1, 0.15) is 0 Å². The van der Waals surface area contributed by atoms with Gasteiger partial charge in [0, 0.05) is 5.69 Å². The minimum absolute atomic E-state index is 0.614. The summed E-state index contributed by atoms with van der Waals surface area (Å²) < 4.78 is 0. The van der Waals surface area contributed by atoms with Crippen LogP contribution in [0.1, 0.15) is 24.8 Å². The van der Waals surface area contributed by atoms with Crippen molar-refractivity contribution in [3.63, 3.8) is 0 Å². The Labute approximate surface area is 208 Å². The van der Waals surface area contributed by atoms with Gasteiger partial charge in [-0.1, -0.05) is 91.9 Å². The Balaban J connectivity index is 0.000000340. The summed E-state index contributed by atoms with van der Waals surface area (Å²) in [6.45, 7) is 2.35. The standard InChI is InChI=1S/C22H23P.C6H7N.ClH.Ru/c1-19(20-11-5-2-6-12-20)17-18-23(21-13-7-3-8-14-21)22-15-9-4-10-16-22;7-6-4-2-1-3-5-6;;/h2-16,19H,17-18H2,1H3;1-5H,7H2;1H;/q;;;+2. The van der Waals surface area contributed by atoms with Crippen molar-refractivity contribution in [3.05, 3.63) is 127 Å². The Morgan fingerprint density at radius 3 is 1.41 bits per heavy atom. The predicted molar refractivity (Wildman–Crippen MR) is 142 cm³/mol. The van der Waals surface area contributed by atoms with Gasteiger partial charge in [-0.25, -0.2) is 0 Å². The normalized spacial score (nSPS) is 10.9. The molecule has 1 unspecified atom stereocenters. The number of anilines is 1. The van der Waals surface area contributed by atoms with Gasteiger partial charge in [-0.3, -0.25) is 0 Å². The summed E-state index contributed by atoms with van der Waals surface area (Å²) in [5, 5.41) is 3.04. The molecule has 1 atom stereocenters. The number of rotatable bonds is 6. The van der Waals surface area contributed by atoms with Crippen molar-refractivity contribution < 1.29 is 17.3 Å². The minimum atomic E-state index is -0.702. The molecule has 0 radical (unpaired) electrons. The zero-order valence-corrected chi connectivity index (χ0v) is 21.8. The van der Waals surface area contributed by atoms with Gasteiger partial charge < -0.3 is 5.73 Å². The van der Waals surface area contributed by atoms with E-state index < -0.39 is 7.92 Å². The zero-order valence-electron chi connectivity index (χ0n) is 18.3. The van der Waals surface area contributed by atoms with Crippen LogP contribution in [0.4, 0.5) is 5.69 Å². The molecule has 4 rings (SSSR count). The van der Waals surface area contributed by atoms with E-state index in [4.69, 9.17) is 5.73 Å². The SMILES string of the molecule is CC(CC[PH+](c1ccccc1)c1ccccc1)c1ccccc1.Nc1ccccc1.[Cl][Ru+]. The van der Waals surface area contributed by atoms with Crippen LogP contribution < -0.4 is 16.3 Å². The summed E-state index contributed by atoms with van der Waals surface area (Å²) in [5.74, 6) is 0.614. The second-order valence-electron chi connectivity index (χ2n) is 7.47. The molecule has 0 heterocycles. The van der Waals surface area contributed by atoms with Crippen molar-refractivity contribution in [1.82, 2.24) is 0 Å². The molecule has 0 bridgehead atoms. The fraction of sp³-hybridized carbons (Fsp3) is 0.143. The molecule has 32 heavy (non-hydrogen) atoms. The first-order valence-corrected chi connectivity index (χ1v) is 14.6. The number of para-hydroxylation sites is 1. The predicted octanol–water partition coefficient (Wildman–Crippen LogP) is 7.00. The van der Waals surface area contributed by atoms with E-state index in [9.17, 15) is 0 Å². The monoisotopic (exact) mass is 549 g/mol. The van der Waals surface area contributed by atoms with Gasteiger partial charge in [-0.05, 0) is 54.3 Å². The molecule has 0 aliphatic heterocycles. The Bertz CT molecular complexity index is 930. The van der Waals surface area contributed by atoms with Crippen molar-refractivity contribution in [3.8, 4) is 0 Å². The molecule has 2 N–H and O–H groups in total. The molecule has 4 heteroatoms. The van der Waals surface area contributed by atoms with E-state index in [0.717, 1.165) is 5.69 Å². The first-order chi connectivity index (χ1) is 15.7. The maximum absolute atomic E-state index is 5.36. The van der Waals surface area contributed by atoms with E-state index in [-0.39, 0.29) is 0 Å². The molecule has 4 aromatic rings. The Morgan fingerprint density at radius 1 is 0.656 bits per heavy atom. The zero-order chi connectivity index (χ0) is 23.0. The van der Waals surface area contributed by atoms with Crippen LogP contribution in [0.2, 0.25) is 0 Å². The Hall–Kier alpha value is -1.98. The molecular formula is C28H31ClNPRu+2. The molecule has 0 saturated carbocycles. The number of nitrogens with two attached hydrogens (primary N) is 1. The van der Waals surface area contributed by atoms with Gasteiger partial charge in [0.15, 0.2) is 0 Å². The van der Waals surface area contributed by atoms with Crippen LogP contribution >= 0.6 is 17.6 Å². The van der Waals surface area contributed by atoms with E-state index in [2.05, 4.69) is 108 Å². The fourth-order valence-corrected chi connectivity index (χ4v) is 6.32. The van der Waals surface area contributed by atoms with E-state index in [1.807, 2.05) is 47.6 Å². The molecule has 1 nitrogen and oxygen atoms in total. The Kier molecular flexibility index (Phi) is 12.9. The number of hydrogen-bond donors (Lipinski definition) is 1. The molecule has 0 aliphatic rings. The van der Waals surface area contributed by atoms with Crippen molar-refractivity contribution in [2.75, 3.05) is 11.9 Å². The summed E-state index contributed by atoms with van der Waals surface area (Å²) in [6.07, 6.45) is 2.51. The van der Waals surface area contributed by atoms with Crippen molar-refractivity contribution in [2.45, 2.75) is 19.3 Å². The van der Waals surface area contributed by atoms with Gasteiger partial charge in [0.05, 0.1) is 24.7 Å². The van der Waals surface area contributed by atoms with Gasteiger partial charge in [-0.15, -0.1) is 0 Å². The average Bonchev–Trinajstić information content (AvgIpc) is 2.88. The third-order valence-electron chi connectivity index (χ3n) is 5.24. The number of benzene rings is 4. The number of halogens is 1. The van der Waals surface area contributed by atoms with Crippen molar-refractivity contribution in [2.24, 2.45) is 0 Å². The maximum atomic E-state index is 5.36. The summed E-state index contributed by atoms with van der Waals surface area (Å²) in [4.78, 5) is 0. The van der Waals surface area contributed by atoms with Gasteiger partial charge >= 0.3 is 27.0 Å². The quantitative estimate of drug-likeness (QED) is 0.157. The summed E-state index contributed by atoms with van der Waals surface area (Å²) >= 11 is 1.82. The molecule has 4 aromatic carbocycles. The molecule has 0 aromatic heterocycles. The Morgan fingerprint density at radius 2 is 1.03 bits per heavy atom. The average molecular weight is 549 g/mol. The van der Waals surface area contributed by atoms with Crippen LogP contribution in [-0.2, 0) is 17.3 Å². The second kappa shape index (κ2) is 15.8. The van der Waals surface area contributed by atoms with Crippen LogP contribution in [0.25, 0.3) is 0 Å². The van der Waals surface area contributed by atoms with Crippen LogP contribution in [0.3, 0.4) is 0 Å². The molecule has 0 amide bonds. The first-order valence-electron chi connectivity index (χ1n) is 10.7. The summed E-state index contributed by atoms with van der Waals surface area (Å²) in [6, 6.07) is 42.5.